The summed E-state index contributed by atoms with van der Waals surface area (Å²) < 4.78 is 13.0. The second-order valence-corrected chi connectivity index (χ2v) is 2.39. The predicted molar refractivity (Wildman–Crippen MR) is 46.9 cm³/mol. The SMILES string of the molecule is O=CC=Cc1ccc(C=O)cc1F. The summed E-state index contributed by atoms with van der Waals surface area (Å²) in [6.07, 6.45) is 3.67. The first-order valence-electron chi connectivity index (χ1n) is 3.64. The highest BCUT2D eigenvalue weighted by Crippen LogP contribution is 2.10. The zero-order chi connectivity index (χ0) is 9.68. The molecule has 66 valence electrons. The summed E-state index contributed by atoms with van der Waals surface area (Å²) in [6, 6.07) is 4.05. The third kappa shape index (κ3) is 2.33. The van der Waals surface area contributed by atoms with E-state index in [9.17, 15) is 14.0 Å². The Morgan fingerprint density at radius 2 is 2.00 bits per heavy atom. The number of halogens is 1. The van der Waals surface area contributed by atoms with E-state index in [0.717, 1.165) is 6.07 Å². The average Bonchev–Trinajstić information content (AvgIpc) is 2.16. The van der Waals surface area contributed by atoms with E-state index in [1.165, 1.54) is 24.3 Å². The van der Waals surface area contributed by atoms with Gasteiger partial charge in [-0.3, -0.25) is 9.59 Å². The Bertz CT molecular complexity index is 356. The first-order valence-corrected chi connectivity index (χ1v) is 3.64. The van der Waals surface area contributed by atoms with Crippen LogP contribution in [0.15, 0.2) is 24.3 Å². The van der Waals surface area contributed by atoms with E-state index in [1.54, 1.807) is 0 Å². The first kappa shape index (κ1) is 9.32. The van der Waals surface area contributed by atoms with Gasteiger partial charge in [-0.2, -0.15) is 0 Å². The van der Waals surface area contributed by atoms with Crippen molar-refractivity contribution in [2.24, 2.45) is 0 Å². The van der Waals surface area contributed by atoms with Gasteiger partial charge in [-0.1, -0.05) is 12.1 Å². The minimum atomic E-state index is -0.511. The highest BCUT2D eigenvalue weighted by Gasteiger charge is 1.98. The number of hydrogen-bond donors (Lipinski definition) is 0. The van der Waals surface area contributed by atoms with Crippen LogP contribution < -0.4 is 0 Å². The van der Waals surface area contributed by atoms with Crippen molar-refractivity contribution >= 4 is 18.6 Å². The van der Waals surface area contributed by atoms with Crippen LogP contribution in [0.4, 0.5) is 4.39 Å². The molecule has 0 saturated carbocycles. The molecule has 0 saturated heterocycles. The van der Waals surface area contributed by atoms with Gasteiger partial charge in [-0.15, -0.1) is 0 Å². The largest absolute Gasteiger partial charge is 0.299 e. The van der Waals surface area contributed by atoms with Gasteiger partial charge in [0.05, 0.1) is 0 Å². The van der Waals surface area contributed by atoms with Gasteiger partial charge < -0.3 is 0 Å². The number of benzene rings is 1. The number of carbonyl (C=O) groups excluding carboxylic acids is 2. The van der Waals surface area contributed by atoms with Gasteiger partial charge in [-0.05, 0) is 18.2 Å². The topological polar surface area (TPSA) is 34.1 Å². The molecule has 3 heteroatoms. The van der Waals surface area contributed by atoms with Gasteiger partial charge in [0.15, 0.2) is 0 Å². The quantitative estimate of drug-likeness (QED) is 0.522. The Balaban J connectivity index is 3.04. The van der Waals surface area contributed by atoms with Crippen LogP contribution in [0.25, 0.3) is 6.08 Å². The van der Waals surface area contributed by atoms with E-state index >= 15 is 0 Å². The highest BCUT2D eigenvalue weighted by atomic mass is 19.1. The summed E-state index contributed by atoms with van der Waals surface area (Å²) in [5.74, 6) is -0.511. The third-order valence-electron chi connectivity index (χ3n) is 1.51. The number of hydrogen-bond acceptors (Lipinski definition) is 2. The number of carbonyl (C=O) groups is 2. The maximum atomic E-state index is 13.0. The molecule has 0 aromatic heterocycles. The van der Waals surface area contributed by atoms with E-state index in [4.69, 9.17) is 0 Å². The Kier molecular flexibility index (Phi) is 3.09. The summed E-state index contributed by atoms with van der Waals surface area (Å²) in [4.78, 5) is 20.2. The molecule has 2 nitrogen and oxygen atoms in total. The Morgan fingerprint density at radius 3 is 2.54 bits per heavy atom. The minimum Gasteiger partial charge on any atom is -0.299 e. The number of allylic oxidation sites excluding steroid dienone is 1. The summed E-state index contributed by atoms with van der Waals surface area (Å²) in [7, 11) is 0. The van der Waals surface area contributed by atoms with Crippen LogP contribution in [0.1, 0.15) is 15.9 Å². The van der Waals surface area contributed by atoms with Crippen molar-refractivity contribution in [2.75, 3.05) is 0 Å². The molecule has 0 atom stereocenters. The van der Waals surface area contributed by atoms with E-state index < -0.39 is 5.82 Å². The average molecular weight is 178 g/mol. The zero-order valence-corrected chi connectivity index (χ0v) is 6.74. The van der Waals surface area contributed by atoms with Crippen LogP contribution >= 0.6 is 0 Å². The van der Waals surface area contributed by atoms with Crippen LogP contribution in [0.5, 0.6) is 0 Å². The Hall–Kier alpha value is -1.77. The normalized spacial score (nSPS) is 10.2. The Labute approximate surface area is 74.7 Å². The van der Waals surface area contributed by atoms with Crippen molar-refractivity contribution in [1.82, 2.24) is 0 Å². The molecule has 0 N–H and O–H groups in total. The molecule has 1 rings (SSSR count). The standard InChI is InChI=1S/C10H7FO2/c11-10-6-8(7-13)3-4-9(10)2-1-5-12/h1-7H. The summed E-state index contributed by atoms with van der Waals surface area (Å²) in [5.41, 5.74) is 0.568. The van der Waals surface area contributed by atoms with E-state index in [1.807, 2.05) is 0 Å². The van der Waals surface area contributed by atoms with Crippen molar-refractivity contribution < 1.29 is 14.0 Å². The fourth-order valence-corrected chi connectivity index (χ4v) is 0.895. The molecule has 0 aliphatic heterocycles. The molecule has 0 unspecified atom stereocenters. The third-order valence-corrected chi connectivity index (χ3v) is 1.51. The van der Waals surface area contributed by atoms with Gasteiger partial charge >= 0.3 is 0 Å². The lowest BCUT2D eigenvalue weighted by atomic mass is 10.1. The molecule has 0 bridgehead atoms. The molecular weight excluding hydrogens is 171 g/mol. The van der Waals surface area contributed by atoms with Crippen molar-refractivity contribution in [1.29, 1.82) is 0 Å². The summed E-state index contributed by atoms with van der Waals surface area (Å²) in [5, 5.41) is 0. The van der Waals surface area contributed by atoms with Crippen LogP contribution in [0, 0.1) is 5.82 Å². The van der Waals surface area contributed by atoms with Crippen LogP contribution in [-0.2, 0) is 4.79 Å². The molecule has 13 heavy (non-hydrogen) atoms. The lowest BCUT2D eigenvalue weighted by Crippen LogP contribution is -1.86. The fourth-order valence-electron chi connectivity index (χ4n) is 0.895. The number of rotatable bonds is 3. The molecule has 0 amide bonds. The molecule has 0 aliphatic carbocycles. The van der Waals surface area contributed by atoms with Gasteiger partial charge in [0.1, 0.15) is 18.4 Å². The van der Waals surface area contributed by atoms with Crippen molar-refractivity contribution in [3.8, 4) is 0 Å². The lowest BCUT2D eigenvalue weighted by molar-refractivity contribution is -0.104. The summed E-state index contributed by atoms with van der Waals surface area (Å²) in [6.45, 7) is 0. The molecule has 1 aromatic carbocycles. The maximum Gasteiger partial charge on any atom is 0.150 e. The Morgan fingerprint density at radius 1 is 1.23 bits per heavy atom. The fraction of sp³-hybridized carbons (Fsp3) is 0. The zero-order valence-electron chi connectivity index (χ0n) is 6.74. The molecule has 0 aliphatic rings. The minimum absolute atomic E-state index is 0.278. The molecule has 1 aromatic rings. The van der Waals surface area contributed by atoms with Gasteiger partial charge in [0.25, 0.3) is 0 Å². The van der Waals surface area contributed by atoms with Crippen molar-refractivity contribution in [3.63, 3.8) is 0 Å². The maximum absolute atomic E-state index is 13.0. The lowest BCUT2D eigenvalue weighted by Gasteiger charge is -1.96. The number of aldehydes is 2. The van der Waals surface area contributed by atoms with Crippen LogP contribution in [0.3, 0.4) is 0 Å². The summed E-state index contributed by atoms with van der Waals surface area (Å²) >= 11 is 0. The van der Waals surface area contributed by atoms with E-state index in [-0.39, 0.29) is 11.1 Å². The molecule has 0 radical (unpaired) electrons. The van der Waals surface area contributed by atoms with Gasteiger partial charge in [0, 0.05) is 11.1 Å². The van der Waals surface area contributed by atoms with E-state index in [2.05, 4.69) is 0 Å². The molecule has 0 heterocycles. The predicted octanol–water partition coefficient (Wildman–Crippen LogP) is 1.85. The van der Waals surface area contributed by atoms with E-state index in [0.29, 0.717) is 12.6 Å². The molecule has 0 spiro atoms. The van der Waals surface area contributed by atoms with Crippen LogP contribution in [-0.4, -0.2) is 12.6 Å². The molecule has 0 fully saturated rings. The highest BCUT2D eigenvalue weighted by molar-refractivity contribution is 5.77. The van der Waals surface area contributed by atoms with Gasteiger partial charge in [0.2, 0.25) is 0 Å². The van der Waals surface area contributed by atoms with Crippen molar-refractivity contribution in [2.45, 2.75) is 0 Å². The van der Waals surface area contributed by atoms with Gasteiger partial charge in [-0.25, -0.2) is 4.39 Å². The smallest absolute Gasteiger partial charge is 0.150 e. The second-order valence-electron chi connectivity index (χ2n) is 2.39. The first-order chi connectivity index (χ1) is 6.27. The monoisotopic (exact) mass is 178 g/mol. The molecular formula is C10H7FO2. The second kappa shape index (κ2) is 4.30. The van der Waals surface area contributed by atoms with Crippen LogP contribution in [0.2, 0.25) is 0 Å². The van der Waals surface area contributed by atoms with Crippen molar-refractivity contribution in [3.05, 3.63) is 41.2 Å².